The first-order chi connectivity index (χ1) is 6.17. The molecule has 1 amide bonds. The highest BCUT2D eigenvalue weighted by Gasteiger charge is 2.14. The highest BCUT2D eigenvalue weighted by molar-refractivity contribution is 5.48. The van der Waals surface area contributed by atoms with Gasteiger partial charge in [0.1, 0.15) is 0 Å². The molecular weight excluding hydrogens is 164 g/mol. The normalized spacial score (nSPS) is 11.5. The zero-order valence-electron chi connectivity index (χ0n) is 8.42. The van der Waals surface area contributed by atoms with Crippen LogP contribution in [0.2, 0.25) is 0 Å². The molecule has 0 rings (SSSR count). The second-order valence-electron chi connectivity index (χ2n) is 2.93. The molecule has 0 aromatic heterocycles. The Hall–Kier alpha value is -1.25. The van der Waals surface area contributed by atoms with Gasteiger partial charge in [0.25, 0.3) is 0 Å². The molecule has 1 unspecified atom stereocenters. The van der Waals surface area contributed by atoms with Crippen LogP contribution in [0.4, 0.5) is 0 Å². The Morgan fingerprint density at radius 3 is 2.69 bits per heavy atom. The van der Waals surface area contributed by atoms with Gasteiger partial charge in [-0.1, -0.05) is 12.7 Å². The number of allylic oxidation sites excluding steroid dienone is 1. The van der Waals surface area contributed by atoms with E-state index in [0.717, 1.165) is 24.9 Å². The molecule has 0 aliphatic heterocycles. The Balaban J connectivity index is 4.25. The summed E-state index contributed by atoms with van der Waals surface area (Å²) in [6.45, 7) is 7.50. The minimum absolute atomic E-state index is 0.0560. The molecule has 0 aliphatic rings. The SMILES string of the molecule is C=CCCC(C(=C)NC)N(C)C=O. The number of carbonyl (C=O) groups excluding carboxylic acids is 1. The average Bonchev–Trinajstić information content (AvgIpc) is 2.17. The molecule has 3 heteroatoms. The quantitative estimate of drug-likeness (QED) is 0.473. The summed E-state index contributed by atoms with van der Waals surface area (Å²) in [5.41, 5.74) is 0.858. The smallest absolute Gasteiger partial charge is 0.210 e. The van der Waals surface area contributed by atoms with E-state index < -0.39 is 0 Å². The Morgan fingerprint density at radius 2 is 2.31 bits per heavy atom. The van der Waals surface area contributed by atoms with Crippen molar-refractivity contribution in [3.05, 3.63) is 24.9 Å². The van der Waals surface area contributed by atoms with Crippen molar-refractivity contribution >= 4 is 6.41 Å². The van der Waals surface area contributed by atoms with Crippen LogP contribution in [0.15, 0.2) is 24.9 Å². The van der Waals surface area contributed by atoms with Crippen molar-refractivity contribution in [1.82, 2.24) is 10.2 Å². The Morgan fingerprint density at radius 1 is 1.69 bits per heavy atom. The summed E-state index contributed by atoms with van der Waals surface area (Å²) in [5.74, 6) is 0. The predicted octanol–water partition coefficient (Wildman–Crippen LogP) is 1.14. The lowest BCUT2D eigenvalue weighted by Crippen LogP contribution is -2.35. The molecule has 1 atom stereocenters. The van der Waals surface area contributed by atoms with E-state index >= 15 is 0 Å². The first-order valence-electron chi connectivity index (χ1n) is 4.32. The molecule has 0 bridgehead atoms. The van der Waals surface area contributed by atoms with Gasteiger partial charge in [0, 0.05) is 19.8 Å². The maximum atomic E-state index is 10.6. The molecule has 13 heavy (non-hydrogen) atoms. The van der Waals surface area contributed by atoms with Gasteiger partial charge in [0.05, 0.1) is 6.04 Å². The van der Waals surface area contributed by atoms with Gasteiger partial charge < -0.3 is 10.2 Å². The molecule has 3 nitrogen and oxygen atoms in total. The first kappa shape index (κ1) is 11.8. The zero-order valence-corrected chi connectivity index (χ0v) is 8.42. The number of likely N-dealkylation sites (N-methyl/N-ethyl adjacent to an activating group) is 2. The maximum Gasteiger partial charge on any atom is 0.210 e. The molecular formula is C10H18N2O. The molecule has 1 N–H and O–H groups in total. The topological polar surface area (TPSA) is 32.3 Å². The summed E-state index contributed by atoms with van der Waals surface area (Å²) < 4.78 is 0. The van der Waals surface area contributed by atoms with Crippen LogP contribution in [0.5, 0.6) is 0 Å². The number of amides is 1. The second kappa shape index (κ2) is 6.29. The molecule has 0 spiro atoms. The van der Waals surface area contributed by atoms with Crippen LogP contribution in [0, 0.1) is 0 Å². The van der Waals surface area contributed by atoms with E-state index in [9.17, 15) is 4.79 Å². The average molecular weight is 182 g/mol. The molecule has 0 saturated carbocycles. The van der Waals surface area contributed by atoms with E-state index in [1.807, 2.05) is 13.1 Å². The van der Waals surface area contributed by atoms with Crippen molar-refractivity contribution in [3.63, 3.8) is 0 Å². The van der Waals surface area contributed by atoms with Crippen LogP contribution in [-0.4, -0.2) is 31.4 Å². The summed E-state index contributed by atoms with van der Waals surface area (Å²) >= 11 is 0. The van der Waals surface area contributed by atoms with Gasteiger partial charge in [0.15, 0.2) is 0 Å². The highest BCUT2D eigenvalue weighted by Crippen LogP contribution is 2.10. The summed E-state index contributed by atoms with van der Waals surface area (Å²) in [4.78, 5) is 12.2. The minimum Gasteiger partial charge on any atom is -0.390 e. The Kier molecular flexibility index (Phi) is 5.68. The van der Waals surface area contributed by atoms with Gasteiger partial charge in [0.2, 0.25) is 6.41 Å². The van der Waals surface area contributed by atoms with Crippen LogP contribution >= 0.6 is 0 Å². The van der Waals surface area contributed by atoms with E-state index in [2.05, 4.69) is 18.5 Å². The number of hydrogen-bond acceptors (Lipinski definition) is 2. The molecule has 0 fully saturated rings. The van der Waals surface area contributed by atoms with Crippen LogP contribution in [0.1, 0.15) is 12.8 Å². The van der Waals surface area contributed by atoms with Crippen molar-refractivity contribution in [2.75, 3.05) is 14.1 Å². The first-order valence-corrected chi connectivity index (χ1v) is 4.32. The Labute approximate surface area is 80.1 Å². The number of carbonyl (C=O) groups is 1. The molecule has 0 radical (unpaired) electrons. The minimum atomic E-state index is 0.0560. The van der Waals surface area contributed by atoms with Gasteiger partial charge in [-0.25, -0.2) is 0 Å². The van der Waals surface area contributed by atoms with Crippen molar-refractivity contribution in [2.45, 2.75) is 18.9 Å². The van der Waals surface area contributed by atoms with Gasteiger partial charge in [-0.15, -0.1) is 6.58 Å². The summed E-state index contributed by atoms with van der Waals surface area (Å²) in [7, 11) is 3.56. The number of rotatable bonds is 7. The van der Waals surface area contributed by atoms with Crippen LogP contribution < -0.4 is 5.32 Å². The van der Waals surface area contributed by atoms with E-state index in [-0.39, 0.29) is 6.04 Å². The van der Waals surface area contributed by atoms with Crippen molar-refractivity contribution in [2.24, 2.45) is 0 Å². The Bertz CT molecular complexity index is 189. The third-order valence-corrected chi connectivity index (χ3v) is 2.03. The number of nitrogens with zero attached hydrogens (tertiary/aromatic N) is 1. The fourth-order valence-electron chi connectivity index (χ4n) is 1.14. The van der Waals surface area contributed by atoms with Crippen LogP contribution in [-0.2, 0) is 4.79 Å². The van der Waals surface area contributed by atoms with E-state index in [1.54, 1.807) is 11.9 Å². The zero-order chi connectivity index (χ0) is 10.3. The predicted molar refractivity (Wildman–Crippen MR) is 55.2 cm³/mol. The maximum absolute atomic E-state index is 10.6. The lowest BCUT2D eigenvalue weighted by Gasteiger charge is -2.25. The molecule has 0 aliphatic carbocycles. The van der Waals surface area contributed by atoms with E-state index in [0.29, 0.717) is 0 Å². The lowest BCUT2D eigenvalue weighted by molar-refractivity contribution is -0.118. The molecule has 0 aromatic carbocycles. The molecule has 0 heterocycles. The van der Waals surface area contributed by atoms with Crippen LogP contribution in [0.25, 0.3) is 0 Å². The highest BCUT2D eigenvalue weighted by atomic mass is 16.1. The van der Waals surface area contributed by atoms with Crippen molar-refractivity contribution < 1.29 is 4.79 Å². The second-order valence-corrected chi connectivity index (χ2v) is 2.93. The summed E-state index contributed by atoms with van der Waals surface area (Å²) in [5, 5.41) is 2.96. The lowest BCUT2D eigenvalue weighted by atomic mass is 10.1. The fraction of sp³-hybridized carbons (Fsp3) is 0.500. The van der Waals surface area contributed by atoms with Crippen molar-refractivity contribution in [3.8, 4) is 0 Å². The van der Waals surface area contributed by atoms with E-state index in [1.165, 1.54) is 0 Å². The molecule has 74 valence electrons. The third-order valence-electron chi connectivity index (χ3n) is 2.03. The molecule has 0 aromatic rings. The standard InChI is InChI=1S/C10H18N2O/c1-5-6-7-10(9(2)11-3)12(4)8-13/h5,8,10-11H,1-2,6-7H2,3-4H3. The number of hydrogen-bond donors (Lipinski definition) is 1. The largest absolute Gasteiger partial charge is 0.390 e. The molecule has 0 saturated heterocycles. The monoisotopic (exact) mass is 182 g/mol. The third kappa shape index (κ3) is 3.78. The fourth-order valence-corrected chi connectivity index (χ4v) is 1.14. The summed E-state index contributed by atoms with van der Waals surface area (Å²) in [6.07, 6.45) is 4.40. The summed E-state index contributed by atoms with van der Waals surface area (Å²) in [6, 6.07) is 0.0560. The van der Waals surface area contributed by atoms with Gasteiger partial charge >= 0.3 is 0 Å². The number of nitrogens with one attached hydrogen (secondary N) is 1. The van der Waals surface area contributed by atoms with Gasteiger partial charge in [-0.2, -0.15) is 0 Å². The van der Waals surface area contributed by atoms with Gasteiger partial charge in [-0.05, 0) is 12.8 Å². The van der Waals surface area contributed by atoms with Crippen molar-refractivity contribution in [1.29, 1.82) is 0 Å². The van der Waals surface area contributed by atoms with Crippen LogP contribution in [0.3, 0.4) is 0 Å². The van der Waals surface area contributed by atoms with E-state index in [4.69, 9.17) is 0 Å². The van der Waals surface area contributed by atoms with Gasteiger partial charge in [-0.3, -0.25) is 4.79 Å².